The Labute approximate surface area is 85.4 Å². The van der Waals surface area contributed by atoms with Gasteiger partial charge in [-0.1, -0.05) is 35.8 Å². The third kappa shape index (κ3) is 2.22. The van der Waals surface area contributed by atoms with Crippen LogP contribution in [0.3, 0.4) is 0 Å². The van der Waals surface area contributed by atoms with Crippen LogP contribution in [0.15, 0.2) is 54.9 Å². The molecule has 1 heterocycles. The Morgan fingerprint density at radius 1 is 0.929 bits per heavy atom. The van der Waals surface area contributed by atoms with E-state index in [0.717, 1.165) is 6.54 Å². The third-order valence-electron chi connectivity index (χ3n) is 2.26. The predicted molar refractivity (Wildman–Crippen MR) is 60.4 cm³/mol. The first-order valence-electron chi connectivity index (χ1n) is 4.84. The summed E-state index contributed by atoms with van der Waals surface area (Å²) in [6.45, 7) is 0.946. The van der Waals surface area contributed by atoms with Crippen LogP contribution in [0.1, 0.15) is 5.56 Å². The van der Waals surface area contributed by atoms with Crippen molar-refractivity contribution in [3.8, 4) is 0 Å². The Kier molecular flexibility index (Phi) is 2.64. The largest absolute Gasteiger partial charge is 0.201 e. The monoisotopic (exact) mass is 182 g/mol. The Balaban J connectivity index is 2.16. The molecule has 0 aliphatic rings. The zero-order valence-corrected chi connectivity index (χ0v) is 8.35. The maximum Gasteiger partial charge on any atom is 0.173 e. The lowest BCUT2D eigenvalue weighted by Gasteiger charge is -1.97. The molecule has 0 aliphatic carbocycles. The van der Waals surface area contributed by atoms with Gasteiger partial charge in [-0.3, -0.25) is 0 Å². The van der Waals surface area contributed by atoms with E-state index in [4.69, 9.17) is 0 Å². The van der Waals surface area contributed by atoms with Crippen molar-refractivity contribution in [2.24, 2.45) is 0 Å². The van der Waals surface area contributed by atoms with E-state index in [2.05, 4.69) is 49.1 Å². The zero-order chi connectivity index (χ0) is 9.80. The fraction of sp³-hybridized carbons (Fsp3) is 0.0833. The van der Waals surface area contributed by atoms with Crippen molar-refractivity contribution in [3.63, 3.8) is 0 Å². The quantitative estimate of drug-likeness (QED) is 0.464. The van der Waals surface area contributed by atoms with Crippen molar-refractivity contribution >= 4 is 13.3 Å². The van der Waals surface area contributed by atoms with Gasteiger partial charge in [0.05, 0.1) is 0 Å². The molecular weight excluding hydrogens is 169 g/mol. The zero-order valence-electron chi connectivity index (χ0n) is 8.35. The molecule has 0 fully saturated rings. The summed E-state index contributed by atoms with van der Waals surface area (Å²) in [5.74, 6) is 0. The molecule has 2 rings (SSSR count). The van der Waals surface area contributed by atoms with Gasteiger partial charge in [0.15, 0.2) is 18.9 Å². The average molecular weight is 182 g/mol. The molecule has 2 heteroatoms. The molecule has 0 saturated heterocycles. The van der Waals surface area contributed by atoms with Crippen LogP contribution in [-0.4, -0.2) is 7.85 Å². The van der Waals surface area contributed by atoms with E-state index in [1.807, 2.05) is 18.2 Å². The van der Waals surface area contributed by atoms with Gasteiger partial charge >= 0.3 is 0 Å². The van der Waals surface area contributed by atoms with Crippen LogP contribution < -0.4 is 10.0 Å². The number of hydrogen-bond donors (Lipinski definition) is 0. The van der Waals surface area contributed by atoms with E-state index >= 15 is 0 Å². The molecule has 0 saturated carbocycles. The maximum atomic E-state index is 2.18. The second-order valence-corrected chi connectivity index (χ2v) is 3.53. The highest BCUT2D eigenvalue weighted by Crippen LogP contribution is 1.95. The first-order valence-corrected chi connectivity index (χ1v) is 4.84. The van der Waals surface area contributed by atoms with Crippen LogP contribution in [0.25, 0.3) is 0 Å². The predicted octanol–water partition coefficient (Wildman–Crippen LogP) is 0.281. The highest BCUT2D eigenvalue weighted by Gasteiger charge is 1.99. The molecule has 0 unspecified atom stereocenters. The lowest BCUT2D eigenvalue weighted by atomic mass is 9.95. The van der Waals surface area contributed by atoms with Gasteiger partial charge in [0.2, 0.25) is 0 Å². The van der Waals surface area contributed by atoms with Gasteiger partial charge in [-0.25, -0.2) is 4.57 Å². The first-order chi connectivity index (χ1) is 6.84. The van der Waals surface area contributed by atoms with Crippen molar-refractivity contribution in [1.82, 2.24) is 0 Å². The van der Waals surface area contributed by atoms with Gasteiger partial charge in [0.25, 0.3) is 0 Å². The molecular formula is C12H13BN+. The molecule has 0 atom stereocenters. The van der Waals surface area contributed by atoms with Crippen LogP contribution >= 0.6 is 0 Å². The molecule has 0 bridgehead atoms. The van der Waals surface area contributed by atoms with Gasteiger partial charge in [-0.05, 0) is 0 Å². The number of nitrogens with zero attached hydrogens (tertiary/aromatic N) is 1. The van der Waals surface area contributed by atoms with Crippen molar-refractivity contribution < 1.29 is 4.57 Å². The Morgan fingerprint density at radius 2 is 1.57 bits per heavy atom. The van der Waals surface area contributed by atoms with E-state index in [-0.39, 0.29) is 0 Å². The second kappa shape index (κ2) is 4.10. The third-order valence-corrected chi connectivity index (χ3v) is 2.26. The number of hydrogen-bond acceptors (Lipinski definition) is 0. The molecule has 0 aliphatic heterocycles. The summed E-state index contributed by atoms with van der Waals surface area (Å²) in [6, 6.07) is 14.8. The molecule has 0 radical (unpaired) electrons. The van der Waals surface area contributed by atoms with Gasteiger partial charge in [-0.2, -0.15) is 0 Å². The standard InChI is InChI=1S/C12H13BN/c13-12-6-4-11(5-7-12)10-14-8-2-1-3-9-14/h1-9H,10,13H2/q+1. The van der Waals surface area contributed by atoms with Gasteiger partial charge in [0, 0.05) is 17.7 Å². The van der Waals surface area contributed by atoms with Gasteiger partial charge in [-0.15, -0.1) is 0 Å². The molecule has 1 nitrogen and oxygen atoms in total. The van der Waals surface area contributed by atoms with E-state index in [1.165, 1.54) is 11.0 Å². The summed E-state index contributed by atoms with van der Waals surface area (Å²) >= 11 is 0. The van der Waals surface area contributed by atoms with Gasteiger partial charge in [0.1, 0.15) is 7.85 Å². The van der Waals surface area contributed by atoms with Crippen molar-refractivity contribution in [3.05, 3.63) is 60.4 Å². The number of benzene rings is 1. The van der Waals surface area contributed by atoms with Gasteiger partial charge < -0.3 is 0 Å². The highest BCUT2D eigenvalue weighted by molar-refractivity contribution is 6.32. The highest BCUT2D eigenvalue weighted by atomic mass is 14.9. The molecule has 14 heavy (non-hydrogen) atoms. The molecule has 2 aromatic rings. The van der Waals surface area contributed by atoms with Crippen molar-refractivity contribution in [2.75, 3.05) is 0 Å². The normalized spacial score (nSPS) is 10.0. The minimum atomic E-state index is 0.946. The summed E-state index contributed by atoms with van der Waals surface area (Å²) in [4.78, 5) is 0. The second-order valence-electron chi connectivity index (χ2n) is 3.53. The fourth-order valence-corrected chi connectivity index (χ4v) is 1.44. The minimum absolute atomic E-state index is 0.946. The van der Waals surface area contributed by atoms with E-state index < -0.39 is 0 Å². The lowest BCUT2D eigenvalue weighted by Crippen LogP contribution is -2.32. The van der Waals surface area contributed by atoms with Crippen molar-refractivity contribution in [2.45, 2.75) is 6.54 Å². The van der Waals surface area contributed by atoms with Crippen LogP contribution in [0.5, 0.6) is 0 Å². The molecule has 1 aromatic carbocycles. The molecule has 0 amide bonds. The SMILES string of the molecule is Bc1ccc(C[n+]2ccccc2)cc1. The Hall–Kier alpha value is -1.57. The van der Waals surface area contributed by atoms with Crippen LogP contribution in [0.2, 0.25) is 0 Å². The lowest BCUT2D eigenvalue weighted by molar-refractivity contribution is -0.688. The summed E-state index contributed by atoms with van der Waals surface area (Å²) in [5.41, 5.74) is 2.65. The molecule has 0 spiro atoms. The number of aromatic nitrogens is 1. The van der Waals surface area contributed by atoms with Crippen LogP contribution in [0, 0.1) is 0 Å². The van der Waals surface area contributed by atoms with E-state index in [0.29, 0.717) is 0 Å². The molecule has 0 N–H and O–H groups in total. The van der Waals surface area contributed by atoms with Crippen LogP contribution in [0.4, 0.5) is 0 Å². The minimum Gasteiger partial charge on any atom is -0.201 e. The van der Waals surface area contributed by atoms with E-state index in [9.17, 15) is 0 Å². The summed E-state index contributed by atoms with van der Waals surface area (Å²) < 4.78 is 2.17. The van der Waals surface area contributed by atoms with Crippen molar-refractivity contribution in [1.29, 1.82) is 0 Å². The number of pyridine rings is 1. The van der Waals surface area contributed by atoms with E-state index in [1.54, 1.807) is 0 Å². The maximum absolute atomic E-state index is 2.18. The molecule has 1 aromatic heterocycles. The molecule has 68 valence electrons. The number of rotatable bonds is 2. The van der Waals surface area contributed by atoms with Crippen LogP contribution in [-0.2, 0) is 6.54 Å². The Morgan fingerprint density at radius 3 is 2.21 bits per heavy atom. The summed E-state index contributed by atoms with van der Waals surface area (Å²) in [7, 11) is 2.11. The summed E-state index contributed by atoms with van der Waals surface area (Å²) in [6.07, 6.45) is 4.17. The first kappa shape index (κ1) is 9.01. The average Bonchev–Trinajstić information content (AvgIpc) is 2.23. The fourth-order valence-electron chi connectivity index (χ4n) is 1.44. The topological polar surface area (TPSA) is 3.88 Å². The summed E-state index contributed by atoms with van der Waals surface area (Å²) in [5, 5.41) is 0. The smallest absolute Gasteiger partial charge is 0.173 e. The Bertz CT molecular complexity index is 394.